The first-order chi connectivity index (χ1) is 19.9. The van der Waals surface area contributed by atoms with Crippen LogP contribution in [0.5, 0.6) is 0 Å². The van der Waals surface area contributed by atoms with Gasteiger partial charge in [0.2, 0.25) is 0 Å². The molecule has 1 aliphatic rings. The number of fused-ring (bicyclic) bond motifs is 3. The molecule has 0 saturated heterocycles. The van der Waals surface area contributed by atoms with Gasteiger partial charge in [-0.3, -0.25) is 4.68 Å². The van der Waals surface area contributed by atoms with E-state index in [0.29, 0.717) is 0 Å². The first-order valence-corrected chi connectivity index (χ1v) is 14.0. The molecule has 3 nitrogen and oxygen atoms in total. The van der Waals surface area contributed by atoms with Crippen molar-refractivity contribution in [2.24, 2.45) is 0 Å². The summed E-state index contributed by atoms with van der Waals surface area (Å²) in [5.74, 6) is 0. The van der Waals surface area contributed by atoms with Crippen molar-refractivity contribution in [2.75, 3.05) is 0 Å². The minimum absolute atomic E-state index is 0. The normalized spacial score (nSPS) is 13.9. The molecule has 0 unspecified atom stereocenters. The van der Waals surface area contributed by atoms with E-state index in [4.69, 9.17) is 5.10 Å². The Bertz CT molecular complexity index is 1720. The molecule has 1 radical (unpaired) electrons. The summed E-state index contributed by atoms with van der Waals surface area (Å²) in [4.78, 5) is 4.22. The van der Waals surface area contributed by atoms with Crippen molar-refractivity contribution >= 4 is 0 Å². The minimum atomic E-state index is -0.106. The number of benzene rings is 4. The van der Waals surface area contributed by atoms with Gasteiger partial charge in [0.15, 0.2) is 0 Å². The van der Waals surface area contributed by atoms with Crippen LogP contribution in [0.2, 0.25) is 0 Å². The molecule has 0 amide bonds. The third-order valence-electron chi connectivity index (χ3n) is 8.57. The van der Waals surface area contributed by atoms with E-state index < -0.39 is 0 Å². The average Bonchev–Trinajstić information content (AvgIpc) is 3.49. The van der Waals surface area contributed by atoms with Crippen LogP contribution in [-0.4, -0.2) is 14.8 Å². The van der Waals surface area contributed by atoms with Crippen molar-refractivity contribution in [1.82, 2.24) is 14.8 Å². The molecule has 1 aliphatic heterocycles. The van der Waals surface area contributed by atoms with Gasteiger partial charge in [0.25, 0.3) is 0 Å². The van der Waals surface area contributed by atoms with Gasteiger partial charge >= 0.3 is 0 Å². The van der Waals surface area contributed by atoms with Gasteiger partial charge in [0, 0.05) is 37.3 Å². The third kappa shape index (κ3) is 5.29. The van der Waals surface area contributed by atoms with Gasteiger partial charge < -0.3 is 4.98 Å². The van der Waals surface area contributed by atoms with Crippen LogP contribution in [0.3, 0.4) is 0 Å². The molecule has 4 aromatic carbocycles. The van der Waals surface area contributed by atoms with Crippen molar-refractivity contribution in [3.05, 3.63) is 151 Å². The SMILES string of the molecule is CC1(C)c2cc(-c3ccccc3)c[c-]c2-n2ncc(-c3ccccc3)c2C1(C)C.[Ir].[c-]1ccccc1-c1ccccn1. The minimum Gasteiger partial charge on any atom is -0.305 e. The van der Waals surface area contributed by atoms with Crippen LogP contribution >= 0.6 is 0 Å². The second-order valence-electron chi connectivity index (χ2n) is 11.4. The van der Waals surface area contributed by atoms with Gasteiger partial charge in [-0.1, -0.05) is 106 Å². The Hall–Kier alpha value is -4.11. The van der Waals surface area contributed by atoms with E-state index in [1.807, 2.05) is 48.7 Å². The van der Waals surface area contributed by atoms with Crippen molar-refractivity contribution < 1.29 is 20.1 Å². The van der Waals surface area contributed by atoms with Gasteiger partial charge in [-0.25, -0.2) is 0 Å². The van der Waals surface area contributed by atoms with E-state index in [1.165, 1.54) is 33.5 Å². The number of rotatable bonds is 3. The fourth-order valence-corrected chi connectivity index (χ4v) is 5.59. The van der Waals surface area contributed by atoms with Crippen LogP contribution in [0.4, 0.5) is 0 Å². The summed E-state index contributed by atoms with van der Waals surface area (Å²) in [5.41, 5.74) is 10.3. The maximum absolute atomic E-state index is 4.82. The quantitative estimate of drug-likeness (QED) is 0.171. The van der Waals surface area contributed by atoms with Crippen LogP contribution < -0.4 is 0 Å². The molecular weight excluding hydrogens is 691 g/mol. The van der Waals surface area contributed by atoms with Crippen LogP contribution in [-0.2, 0) is 30.9 Å². The fraction of sp³-hybridized carbons (Fsp3) is 0.158. The third-order valence-corrected chi connectivity index (χ3v) is 8.57. The van der Waals surface area contributed by atoms with Crippen molar-refractivity contribution in [3.63, 3.8) is 0 Å². The van der Waals surface area contributed by atoms with E-state index >= 15 is 0 Å². The Morgan fingerprint density at radius 2 is 1.33 bits per heavy atom. The van der Waals surface area contributed by atoms with E-state index in [-0.39, 0.29) is 30.9 Å². The van der Waals surface area contributed by atoms with Crippen molar-refractivity contribution in [3.8, 4) is 39.2 Å². The second kappa shape index (κ2) is 12.0. The van der Waals surface area contributed by atoms with Gasteiger partial charge in [-0.15, -0.1) is 47.0 Å². The van der Waals surface area contributed by atoms with Crippen molar-refractivity contribution in [1.29, 1.82) is 0 Å². The van der Waals surface area contributed by atoms with Crippen LogP contribution in [0.15, 0.2) is 128 Å². The zero-order valence-corrected chi connectivity index (χ0v) is 26.7. The summed E-state index contributed by atoms with van der Waals surface area (Å²) in [5, 5.41) is 4.82. The molecule has 0 fully saturated rings. The molecule has 0 aliphatic carbocycles. The largest absolute Gasteiger partial charge is 0.305 e. The maximum Gasteiger partial charge on any atom is 0.0575 e. The molecule has 211 valence electrons. The number of nitrogens with zero attached hydrogens (tertiary/aromatic N) is 3. The monoisotopic (exact) mass is 724 g/mol. The molecule has 7 rings (SSSR count). The molecule has 4 heteroatoms. The molecule has 2 aromatic heterocycles. The predicted octanol–water partition coefficient (Wildman–Crippen LogP) is 9.12. The summed E-state index contributed by atoms with van der Waals surface area (Å²) in [6.07, 6.45) is 3.80. The summed E-state index contributed by atoms with van der Waals surface area (Å²) in [7, 11) is 0. The van der Waals surface area contributed by atoms with Crippen LogP contribution in [0, 0.1) is 12.1 Å². The Morgan fingerprint density at radius 3 is 1.98 bits per heavy atom. The summed E-state index contributed by atoms with van der Waals surface area (Å²) in [6, 6.07) is 45.9. The second-order valence-corrected chi connectivity index (χ2v) is 11.4. The van der Waals surface area contributed by atoms with E-state index in [9.17, 15) is 0 Å². The smallest absolute Gasteiger partial charge is 0.0575 e. The molecule has 0 atom stereocenters. The van der Waals surface area contributed by atoms with Crippen LogP contribution in [0.25, 0.3) is 39.2 Å². The standard InChI is InChI=1S/C27H25N2.C11H8N.Ir/c1-26(2)23-17-21(19-11-7-5-8-12-19)15-16-24(23)29-25(27(26,3)4)22(18-28-29)20-13-9-6-10-14-20;1-2-6-10(7-3-1)11-8-4-5-9-12-11;/h5-15,17-18H,1-4H3;1-6,8-9H;/q2*-1;. The molecule has 6 aromatic rings. The van der Waals surface area contributed by atoms with E-state index in [2.05, 4.69) is 122 Å². The molecule has 0 bridgehead atoms. The molecule has 0 saturated carbocycles. The first-order valence-electron chi connectivity index (χ1n) is 14.0. The van der Waals surface area contributed by atoms with Crippen LogP contribution in [0.1, 0.15) is 39.0 Å². The zero-order valence-electron chi connectivity index (χ0n) is 24.3. The Balaban J connectivity index is 0.000000228. The first kappa shape index (κ1) is 29.4. The molecular formula is C38H33IrN3-2. The Kier molecular flexibility index (Phi) is 8.41. The van der Waals surface area contributed by atoms with Gasteiger partial charge in [-0.05, 0) is 28.4 Å². The maximum atomic E-state index is 4.82. The van der Waals surface area contributed by atoms with E-state index in [0.717, 1.165) is 16.9 Å². The number of hydrogen-bond acceptors (Lipinski definition) is 2. The van der Waals surface area contributed by atoms with Gasteiger partial charge in [0.05, 0.1) is 11.9 Å². The Labute approximate surface area is 262 Å². The van der Waals surface area contributed by atoms with Gasteiger partial charge in [-0.2, -0.15) is 23.3 Å². The number of pyridine rings is 1. The fourth-order valence-electron chi connectivity index (χ4n) is 5.59. The summed E-state index contributed by atoms with van der Waals surface area (Å²) >= 11 is 0. The number of aromatic nitrogens is 3. The number of hydrogen-bond donors (Lipinski definition) is 0. The summed E-state index contributed by atoms with van der Waals surface area (Å²) < 4.78 is 2.11. The zero-order chi connectivity index (χ0) is 28.5. The molecule has 0 spiro atoms. The topological polar surface area (TPSA) is 30.7 Å². The molecule has 42 heavy (non-hydrogen) atoms. The van der Waals surface area contributed by atoms with E-state index in [1.54, 1.807) is 6.20 Å². The summed E-state index contributed by atoms with van der Waals surface area (Å²) in [6.45, 7) is 9.37. The Morgan fingerprint density at radius 1 is 0.667 bits per heavy atom. The predicted molar refractivity (Wildman–Crippen MR) is 168 cm³/mol. The molecule has 3 heterocycles. The van der Waals surface area contributed by atoms with Crippen molar-refractivity contribution in [2.45, 2.75) is 38.5 Å². The molecule has 0 N–H and O–H groups in total. The van der Waals surface area contributed by atoms with Gasteiger partial charge in [0.1, 0.15) is 0 Å². The average molecular weight is 724 g/mol.